The van der Waals surface area contributed by atoms with E-state index < -0.39 is 17.7 Å². The van der Waals surface area contributed by atoms with Crippen molar-refractivity contribution in [3.63, 3.8) is 0 Å². The Labute approximate surface area is 179 Å². The van der Waals surface area contributed by atoms with Gasteiger partial charge in [0.1, 0.15) is 7.11 Å². The number of ether oxygens (including phenoxy) is 1. The van der Waals surface area contributed by atoms with Crippen LogP contribution in [0.15, 0.2) is 63.3 Å². The van der Waals surface area contributed by atoms with Gasteiger partial charge >= 0.3 is 12.1 Å². The maximum Gasteiger partial charge on any atom is 0.416 e. The van der Waals surface area contributed by atoms with E-state index >= 15 is 0 Å². The molecule has 11 heteroatoms. The SMILES string of the molecule is CO/N=C(/C(=O)OC)c1ccccc1CSc1nnc(-c2ccc(C(F)(F)F)cc2)o1. The lowest BCUT2D eigenvalue weighted by atomic mass is 10.0. The van der Waals surface area contributed by atoms with Crippen LogP contribution in [-0.4, -0.2) is 36.1 Å². The first-order valence-electron chi connectivity index (χ1n) is 8.75. The minimum Gasteiger partial charge on any atom is -0.464 e. The van der Waals surface area contributed by atoms with Gasteiger partial charge in [-0.15, -0.1) is 10.2 Å². The van der Waals surface area contributed by atoms with Gasteiger partial charge in [-0.3, -0.25) is 0 Å². The number of carbonyl (C=O) groups excluding carboxylic acids is 1. The Morgan fingerprint density at radius 3 is 2.45 bits per heavy atom. The topological polar surface area (TPSA) is 86.8 Å². The van der Waals surface area contributed by atoms with Gasteiger partial charge in [-0.1, -0.05) is 41.2 Å². The number of carbonyl (C=O) groups is 1. The first-order valence-corrected chi connectivity index (χ1v) is 9.73. The number of methoxy groups -OCH3 is 1. The molecule has 1 heterocycles. The van der Waals surface area contributed by atoms with Crippen LogP contribution >= 0.6 is 11.8 Å². The van der Waals surface area contributed by atoms with Gasteiger partial charge < -0.3 is 14.0 Å². The fourth-order valence-electron chi connectivity index (χ4n) is 2.59. The van der Waals surface area contributed by atoms with Crippen molar-refractivity contribution in [3.8, 4) is 11.5 Å². The van der Waals surface area contributed by atoms with Crippen LogP contribution in [0.25, 0.3) is 11.5 Å². The first-order chi connectivity index (χ1) is 14.8. The van der Waals surface area contributed by atoms with Crippen LogP contribution in [0.2, 0.25) is 0 Å². The average Bonchev–Trinajstić information content (AvgIpc) is 3.24. The maximum absolute atomic E-state index is 12.7. The highest BCUT2D eigenvalue weighted by Gasteiger charge is 2.30. The van der Waals surface area contributed by atoms with Crippen molar-refractivity contribution in [2.24, 2.45) is 5.16 Å². The summed E-state index contributed by atoms with van der Waals surface area (Å²) in [4.78, 5) is 16.8. The second-order valence-corrected chi connectivity index (χ2v) is 6.93. The van der Waals surface area contributed by atoms with Crippen LogP contribution in [0.3, 0.4) is 0 Å². The molecule has 3 aromatic rings. The monoisotopic (exact) mass is 451 g/mol. The standard InChI is InChI=1S/C20H16F3N3O4S/c1-28-18(27)16(26-29-2)15-6-4-3-5-13(15)11-31-19-25-24-17(30-19)12-7-9-14(10-8-12)20(21,22)23/h3-10H,11H2,1-2H3/b26-16+. The van der Waals surface area contributed by atoms with Gasteiger partial charge in [0.25, 0.3) is 5.22 Å². The molecular formula is C20H16F3N3O4S. The summed E-state index contributed by atoms with van der Waals surface area (Å²) in [5.74, 6) is -0.202. The van der Waals surface area contributed by atoms with E-state index in [2.05, 4.69) is 15.4 Å². The highest BCUT2D eigenvalue weighted by Crippen LogP contribution is 2.32. The lowest BCUT2D eigenvalue weighted by Crippen LogP contribution is -2.19. The molecule has 2 aromatic carbocycles. The van der Waals surface area contributed by atoms with Crippen LogP contribution in [0, 0.1) is 0 Å². The lowest BCUT2D eigenvalue weighted by Gasteiger charge is -2.09. The van der Waals surface area contributed by atoms with Gasteiger partial charge in [-0.2, -0.15) is 13.2 Å². The molecule has 0 aliphatic rings. The molecule has 0 amide bonds. The third kappa shape index (κ3) is 5.43. The largest absolute Gasteiger partial charge is 0.464 e. The Bertz CT molecular complexity index is 1080. The van der Waals surface area contributed by atoms with E-state index in [1.54, 1.807) is 24.3 Å². The number of benzene rings is 2. The zero-order valence-electron chi connectivity index (χ0n) is 16.3. The number of hydrogen-bond acceptors (Lipinski definition) is 8. The molecule has 3 rings (SSSR count). The number of aromatic nitrogens is 2. The van der Waals surface area contributed by atoms with Crippen LogP contribution < -0.4 is 0 Å². The lowest BCUT2D eigenvalue weighted by molar-refractivity contribution is -0.137. The Balaban J connectivity index is 1.76. The zero-order chi connectivity index (χ0) is 22.4. The van der Waals surface area contributed by atoms with Crippen LogP contribution in [0.1, 0.15) is 16.7 Å². The summed E-state index contributed by atoms with van der Waals surface area (Å²) < 4.78 is 48.4. The molecule has 0 radical (unpaired) electrons. The smallest absolute Gasteiger partial charge is 0.416 e. The third-order valence-electron chi connectivity index (χ3n) is 4.05. The normalized spacial score (nSPS) is 12.0. The number of nitrogens with zero attached hydrogens (tertiary/aromatic N) is 3. The van der Waals surface area contributed by atoms with Crippen LogP contribution in [-0.2, 0) is 26.3 Å². The number of alkyl halides is 3. The third-order valence-corrected chi connectivity index (χ3v) is 4.92. The number of esters is 1. The van der Waals surface area contributed by atoms with Gasteiger partial charge in [0.2, 0.25) is 5.89 Å². The van der Waals surface area contributed by atoms with Crippen molar-refractivity contribution in [2.75, 3.05) is 14.2 Å². The first kappa shape index (κ1) is 22.3. The van der Waals surface area contributed by atoms with Gasteiger partial charge in [0, 0.05) is 16.9 Å². The predicted molar refractivity (Wildman–Crippen MR) is 106 cm³/mol. The van der Waals surface area contributed by atoms with E-state index in [1.807, 2.05) is 0 Å². The molecule has 0 bridgehead atoms. The molecule has 0 saturated heterocycles. The van der Waals surface area contributed by atoms with E-state index in [0.29, 0.717) is 16.9 Å². The van der Waals surface area contributed by atoms with E-state index in [0.717, 1.165) is 17.7 Å². The second kappa shape index (κ2) is 9.65. The second-order valence-electron chi connectivity index (χ2n) is 6.01. The van der Waals surface area contributed by atoms with Crippen molar-refractivity contribution in [3.05, 3.63) is 65.2 Å². The number of halogens is 3. The fourth-order valence-corrected chi connectivity index (χ4v) is 3.35. The van der Waals surface area contributed by atoms with Crippen molar-refractivity contribution >= 4 is 23.4 Å². The van der Waals surface area contributed by atoms with Crippen molar-refractivity contribution in [2.45, 2.75) is 17.2 Å². The highest BCUT2D eigenvalue weighted by atomic mass is 32.2. The van der Waals surface area contributed by atoms with Crippen LogP contribution in [0.5, 0.6) is 0 Å². The number of thioether (sulfide) groups is 1. The summed E-state index contributed by atoms with van der Waals surface area (Å²) in [7, 11) is 2.56. The molecule has 1 aromatic heterocycles. The molecule has 0 unspecified atom stereocenters. The van der Waals surface area contributed by atoms with Gasteiger partial charge in [-0.05, 0) is 29.8 Å². The van der Waals surface area contributed by atoms with Gasteiger partial charge in [-0.25, -0.2) is 4.79 Å². The Morgan fingerprint density at radius 1 is 1.10 bits per heavy atom. The minimum atomic E-state index is -4.42. The average molecular weight is 451 g/mol. The maximum atomic E-state index is 12.7. The molecular weight excluding hydrogens is 435 g/mol. The summed E-state index contributed by atoms with van der Waals surface area (Å²) in [5.41, 5.74) is 0.875. The Hall–Kier alpha value is -3.34. The summed E-state index contributed by atoms with van der Waals surface area (Å²) in [6, 6.07) is 11.5. The van der Waals surface area contributed by atoms with Crippen LogP contribution in [0.4, 0.5) is 13.2 Å². The summed E-state index contributed by atoms with van der Waals surface area (Å²) in [5, 5.41) is 11.8. The molecule has 0 aliphatic carbocycles. The minimum absolute atomic E-state index is 0.0113. The quantitative estimate of drug-likeness (QED) is 0.225. The molecule has 0 N–H and O–H groups in total. The van der Waals surface area contributed by atoms with E-state index in [-0.39, 0.29) is 16.8 Å². The van der Waals surface area contributed by atoms with E-state index in [4.69, 9.17) is 14.0 Å². The fraction of sp³-hybridized carbons (Fsp3) is 0.200. The summed E-state index contributed by atoms with van der Waals surface area (Å²) in [6.07, 6.45) is -4.42. The number of hydrogen-bond donors (Lipinski definition) is 0. The van der Waals surface area contributed by atoms with E-state index in [1.165, 1.54) is 38.1 Å². The number of rotatable bonds is 7. The molecule has 162 valence electrons. The molecule has 7 nitrogen and oxygen atoms in total. The van der Waals surface area contributed by atoms with Crippen molar-refractivity contribution < 1.29 is 32.0 Å². The predicted octanol–water partition coefficient (Wildman–Crippen LogP) is 4.57. The highest BCUT2D eigenvalue weighted by molar-refractivity contribution is 7.98. The Morgan fingerprint density at radius 2 is 1.81 bits per heavy atom. The van der Waals surface area contributed by atoms with Gasteiger partial charge in [0.15, 0.2) is 5.71 Å². The van der Waals surface area contributed by atoms with Crippen molar-refractivity contribution in [1.29, 1.82) is 0 Å². The van der Waals surface area contributed by atoms with Gasteiger partial charge in [0.05, 0.1) is 12.7 Å². The summed E-state index contributed by atoms with van der Waals surface area (Å²) >= 11 is 1.20. The summed E-state index contributed by atoms with van der Waals surface area (Å²) in [6.45, 7) is 0. The molecule has 0 saturated carbocycles. The number of oxime groups is 1. The molecule has 0 fully saturated rings. The molecule has 0 aliphatic heterocycles. The molecule has 31 heavy (non-hydrogen) atoms. The van der Waals surface area contributed by atoms with Crippen molar-refractivity contribution in [1.82, 2.24) is 10.2 Å². The molecule has 0 spiro atoms. The zero-order valence-corrected chi connectivity index (χ0v) is 17.2. The Kier molecular flexibility index (Phi) is 6.95. The van der Waals surface area contributed by atoms with E-state index in [9.17, 15) is 18.0 Å². The molecule has 0 atom stereocenters.